The van der Waals surface area contributed by atoms with Gasteiger partial charge in [0.2, 0.25) is 11.8 Å². The molecular formula is C15H20N2O2. The second kappa shape index (κ2) is 8.08. The second-order valence-corrected chi connectivity index (χ2v) is 4.51. The average molecular weight is 260 g/mol. The lowest BCUT2D eigenvalue weighted by molar-refractivity contribution is -0.121. The molecule has 0 saturated heterocycles. The largest absolute Gasteiger partial charge is 0.354 e. The molecule has 0 spiro atoms. The van der Waals surface area contributed by atoms with E-state index in [-0.39, 0.29) is 17.9 Å². The second-order valence-electron chi connectivity index (χ2n) is 4.51. The highest BCUT2D eigenvalue weighted by Crippen LogP contribution is 2.00. The Labute approximate surface area is 113 Å². The van der Waals surface area contributed by atoms with Gasteiger partial charge < -0.3 is 10.6 Å². The molecule has 0 unspecified atom stereocenters. The Kier molecular flexibility index (Phi) is 6.36. The van der Waals surface area contributed by atoms with Crippen molar-refractivity contribution in [1.29, 1.82) is 0 Å². The van der Waals surface area contributed by atoms with Crippen molar-refractivity contribution in [3.05, 3.63) is 42.0 Å². The third-order valence-corrected chi connectivity index (χ3v) is 2.33. The van der Waals surface area contributed by atoms with E-state index >= 15 is 0 Å². The van der Waals surface area contributed by atoms with Crippen LogP contribution in [0.1, 0.15) is 25.8 Å². The Morgan fingerprint density at radius 3 is 2.53 bits per heavy atom. The molecule has 1 aromatic carbocycles. The molecule has 0 saturated carbocycles. The first kappa shape index (κ1) is 15.0. The minimum Gasteiger partial charge on any atom is -0.354 e. The first-order valence-corrected chi connectivity index (χ1v) is 6.38. The van der Waals surface area contributed by atoms with Crippen LogP contribution in [0.5, 0.6) is 0 Å². The van der Waals surface area contributed by atoms with E-state index in [9.17, 15) is 9.59 Å². The molecule has 1 rings (SSSR count). The third-order valence-electron chi connectivity index (χ3n) is 2.33. The Hall–Kier alpha value is -2.10. The molecule has 102 valence electrons. The molecule has 4 nitrogen and oxygen atoms in total. The van der Waals surface area contributed by atoms with Crippen LogP contribution in [0.2, 0.25) is 0 Å². The Bertz CT molecular complexity index is 439. The number of hydrogen-bond donors (Lipinski definition) is 2. The molecule has 19 heavy (non-hydrogen) atoms. The van der Waals surface area contributed by atoms with Crippen LogP contribution >= 0.6 is 0 Å². The van der Waals surface area contributed by atoms with Gasteiger partial charge in [0.05, 0.1) is 0 Å². The fourth-order valence-corrected chi connectivity index (χ4v) is 1.49. The van der Waals surface area contributed by atoms with Gasteiger partial charge in [-0.2, -0.15) is 0 Å². The molecule has 4 heteroatoms. The molecule has 2 amide bonds. The molecule has 0 aromatic heterocycles. The topological polar surface area (TPSA) is 58.2 Å². The maximum absolute atomic E-state index is 11.5. The van der Waals surface area contributed by atoms with Crippen molar-refractivity contribution in [3.63, 3.8) is 0 Å². The SMILES string of the molecule is CC(C)NC(=O)CCNC(=O)C=Cc1ccccc1. The van der Waals surface area contributed by atoms with E-state index in [1.165, 1.54) is 6.08 Å². The molecule has 0 fully saturated rings. The molecule has 0 aliphatic carbocycles. The van der Waals surface area contributed by atoms with Crippen molar-refractivity contribution in [1.82, 2.24) is 10.6 Å². The maximum atomic E-state index is 11.5. The van der Waals surface area contributed by atoms with Gasteiger partial charge in [0.1, 0.15) is 0 Å². The highest BCUT2D eigenvalue weighted by molar-refractivity contribution is 5.92. The van der Waals surface area contributed by atoms with Gasteiger partial charge in [-0.1, -0.05) is 30.3 Å². The molecule has 0 heterocycles. The zero-order valence-corrected chi connectivity index (χ0v) is 11.3. The number of nitrogens with one attached hydrogen (secondary N) is 2. The molecule has 0 aliphatic heterocycles. The number of carbonyl (C=O) groups excluding carboxylic acids is 2. The van der Waals surface area contributed by atoms with Crippen molar-refractivity contribution in [3.8, 4) is 0 Å². The Morgan fingerprint density at radius 1 is 1.21 bits per heavy atom. The molecule has 0 atom stereocenters. The quantitative estimate of drug-likeness (QED) is 0.765. The van der Waals surface area contributed by atoms with Gasteiger partial charge >= 0.3 is 0 Å². The Balaban J connectivity index is 2.25. The first-order valence-electron chi connectivity index (χ1n) is 6.38. The third kappa shape index (κ3) is 7.03. The molecule has 1 aromatic rings. The van der Waals surface area contributed by atoms with E-state index in [0.717, 1.165) is 5.56 Å². The Morgan fingerprint density at radius 2 is 1.89 bits per heavy atom. The van der Waals surface area contributed by atoms with Gasteiger partial charge in [0.15, 0.2) is 0 Å². The highest BCUT2D eigenvalue weighted by atomic mass is 16.2. The summed E-state index contributed by atoms with van der Waals surface area (Å²) in [6.07, 6.45) is 3.50. The van der Waals surface area contributed by atoms with Crippen molar-refractivity contribution in [2.75, 3.05) is 6.54 Å². The summed E-state index contributed by atoms with van der Waals surface area (Å²) in [5, 5.41) is 5.44. The van der Waals surface area contributed by atoms with Crippen LogP contribution in [-0.2, 0) is 9.59 Å². The van der Waals surface area contributed by atoms with Gasteiger partial charge in [-0.15, -0.1) is 0 Å². The van der Waals surface area contributed by atoms with E-state index in [0.29, 0.717) is 13.0 Å². The lowest BCUT2D eigenvalue weighted by Gasteiger charge is -2.08. The monoisotopic (exact) mass is 260 g/mol. The molecular weight excluding hydrogens is 240 g/mol. The maximum Gasteiger partial charge on any atom is 0.244 e. The van der Waals surface area contributed by atoms with Gasteiger partial charge in [0, 0.05) is 25.1 Å². The highest BCUT2D eigenvalue weighted by Gasteiger charge is 2.03. The normalized spacial score (nSPS) is 10.7. The summed E-state index contributed by atoms with van der Waals surface area (Å²) in [6, 6.07) is 9.70. The van der Waals surface area contributed by atoms with Gasteiger partial charge in [-0.3, -0.25) is 9.59 Å². The van der Waals surface area contributed by atoms with Gasteiger partial charge in [0.25, 0.3) is 0 Å². The minimum absolute atomic E-state index is 0.0534. The number of benzene rings is 1. The summed E-state index contributed by atoms with van der Waals surface area (Å²) in [6.45, 7) is 4.15. The fraction of sp³-hybridized carbons (Fsp3) is 0.333. The van der Waals surface area contributed by atoms with E-state index in [2.05, 4.69) is 10.6 Å². The van der Waals surface area contributed by atoms with Crippen molar-refractivity contribution >= 4 is 17.9 Å². The fourth-order valence-electron chi connectivity index (χ4n) is 1.49. The summed E-state index contributed by atoms with van der Waals surface area (Å²) in [5.41, 5.74) is 0.968. The van der Waals surface area contributed by atoms with Crippen molar-refractivity contribution < 1.29 is 9.59 Å². The zero-order chi connectivity index (χ0) is 14.1. The number of rotatable bonds is 6. The summed E-state index contributed by atoms with van der Waals surface area (Å²) < 4.78 is 0. The lowest BCUT2D eigenvalue weighted by Crippen LogP contribution is -2.33. The van der Waals surface area contributed by atoms with Crippen LogP contribution in [0.15, 0.2) is 36.4 Å². The predicted octanol–water partition coefficient (Wildman–Crippen LogP) is 1.73. The first-order chi connectivity index (χ1) is 9.08. The summed E-state index contributed by atoms with van der Waals surface area (Å²) >= 11 is 0. The van der Waals surface area contributed by atoms with Crippen LogP contribution in [0.3, 0.4) is 0 Å². The zero-order valence-electron chi connectivity index (χ0n) is 11.3. The van der Waals surface area contributed by atoms with Crippen LogP contribution in [0, 0.1) is 0 Å². The van der Waals surface area contributed by atoms with Gasteiger partial charge in [-0.25, -0.2) is 0 Å². The summed E-state index contributed by atoms with van der Waals surface area (Å²) in [4.78, 5) is 22.8. The predicted molar refractivity (Wildman–Crippen MR) is 76.4 cm³/mol. The summed E-state index contributed by atoms with van der Waals surface area (Å²) in [7, 11) is 0. The standard InChI is InChI=1S/C15H20N2O2/c1-12(2)17-15(19)10-11-16-14(18)9-8-13-6-4-3-5-7-13/h3-9,12H,10-11H2,1-2H3,(H,16,18)(H,17,19). The average Bonchev–Trinajstić information content (AvgIpc) is 2.36. The van der Waals surface area contributed by atoms with E-state index in [1.54, 1.807) is 6.08 Å². The van der Waals surface area contributed by atoms with E-state index in [1.807, 2.05) is 44.2 Å². The van der Waals surface area contributed by atoms with E-state index in [4.69, 9.17) is 0 Å². The smallest absolute Gasteiger partial charge is 0.244 e. The lowest BCUT2D eigenvalue weighted by atomic mass is 10.2. The summed E-state index contributed by atoms with van der Waals surface area (Å²) in [5.74, 6) is -0.247. The van der Waals surface area contributed by atoms with Crippen LogP contribution in [0.25, 0.3) is 6.08 Å². The molecule has 0 aliphatic rings. The minimum atomic E-state index is -0.193. The van der Waals surface area contributed by atoms with Crippen LogP contribution in [0.4, 0.5) is 0 Å². The van der Waals surface area contributed by atoms with E-state index < -0.39 is 0 Å². The number of amides is 2. The van der Waals surface area contributed by atoms with Crippen molar-refractivity contribution in [2.45, 2.75) is 26.3 Å². The number of hydrogen-bond acceptors (Lipinski definition) is 2. The number of carbonyl (C=O) groups is 2. The van der Waals surface area contributed by atoms with Crippen LogP contribution < -0.4 is 10.6 Å². The van der Waals surface area contributed by atoms with Crippen LogP contribution in [-0.4, -0.2) is 24.4 Å². The molecule has 2 N–H and O–H groups in total. The molecule has 0 radical (unpaired) electrons. The van der Waals surface area contributed by atoms with Crippen molar-refractivity contribution in [2.24, 2.45) is 0 Å². The van der Waals surface area contributed by atoms with Gasteiger partial charge in [-0.05, 0) is 25.5 Å². The molecule has 0 bridgehead atoms.